The minimum atomic E-state index is -0.0538. The molecule has 0 unspecified atom stereocenters. The summed E-state index contributed by atoms with van der Waals surface area (Å²) in [6.45, 7) is 0. The molecule has 30 heavy (non-hydrogen) atoms. The third-order valence-electron chi connectivity index (χ3n) is 4.35. The van der Waals surface area contributed by atoms with E-state index in [-0.39, 0.29) is 14.5 Å². The summed E-state index contributed by atoms with van der Waals surface area (Å²) in [6, 6.07) is 9.24. The summed E-state index contributed by atoms with van der Waals surface area (Å²) < 4.78 is 22.4. The second kappa shape index (κ2) is 9.56. The van der Waals surface area contributed by atoms with Gasteiger partial charge in [-0.2, -0.15) is 0 Å². The van der Waals surface area contributed by atoms with Crippen molar-refractivity contribution in [1.29, 1.82) is 0 Å². The van der Waals surface area contributed by atoms with Crippen LogP contribution in [-0.4, -0.2) is 60.7 Å². The molecular weight excluding hydrogens is 453 g/mol. The first-order valence-electron chi connectivity index (χ1n) is 8.87. The van der Waals surface area contributed by atoms with Gasteiger partial charge in [-0.15, -0.1) is 0 Å². The first-order chi connectivity index (χ1) is 14.6. The van der Waals surface area contributed by atoms with Gasteiger partial charge in [0.2, 0.25) is 0 Å². The van der Waals surface area contributed by atoms with E-state index in [1.165, 1.54) is 7.11 Å². The molecular formula is C21H23N3O5Se. The Hall–Kier alpha value is -3.16. The summed E-state index contributed by atoms with van der Waals surface area (Å²) in [5.41, 5.74) is 9.69. The Labute approximate surface area is 180 Å². The van der Waals surface area contributed by atoms with Gasteiger partial charge in [0.25, 0.3) is 0 Å². The van der Waals surface area contributed by atoms with Crippen molar-refractivity contribution in [2.24, 2.45) is 5.16 Å². The van der Waals surface area contributed by atoms with Gasteiger partial charge in [0.15, 0.2) is 0 Å². The van der Waals surface area contributed by atoms with Crippen LogP contribution in [0, 0.1) is 0 Å². The fraction of sp³-hybridized carbons (Fsp3) is 0.238. The van der Waals surface area contributed by atoms with Gasteiger partial charge in [-0.05, 0) is 0 Å². The number of benzene rings is 2. The summed E-state index contributed by atoms with van der Waals surface area (Å²) in [6.07, 6.45) is 0. The Morgan fingerprint density at radius 1 is 0.900 bits per heavy atom. The molecule has 8 nitrogen and oxygen atoms in total. The van der Waals surface area contributed by atoms with Gasteiger partial charge in [0.1, 0.15) is 0 Å². The van der Waals surface area contributed by atoms with E-state index in [2.05, 4.69) is 10.1 Å². The molecule has 0 bridgehead atoms. The molecule has 0 radical (unpaired) electrons. The van der Waals surface area contributed by atoms with Crippen LogP contribution in [0.15, 0.2) is 40.4 Å². The summed E-state index contributed by atoms with van der Waals surface area (Å²) in [4.78, 5) is 12.0. The Bertz CT molecular complexity index is 1040. The maximum atomic E-state index is 6.04. The van der Waals surface area contributed by atoms with Crippen molar-refractivity contribution in [3.05, 3.63) is 45.4 Å². The monoisotopic (exact) mass is 477 g/mol. The number of rotatable bonds is 8. The molecule has 2 aromatic carbocycles. The fourth-order valence-corrected chi connectivity index (χ4v) is 4.67. The Kier molecular flexibility index (Phi) is 6.87. The number of aromatic nitrogens is 1. The number of nitrogens with zero attached hydrogens (tertiary/aromatic N) is 2. The van der Waals surface area contributed by atoms with Crippen LogP contribution < -0.4 is 24.7 Å². The van der Waals surface area contributed by atoms with Crippen molar-refractivity contribution in [3.8, 4) is 34.3 Å². The molecule has 3 aromatic rings. The van der Waals surface area contributed by atoms with E-state index in [4.69, 9.17) is 34.5 Å². The van der Waals surface area contributed by atoms with E-state index >= 15 is 0 Å². The van der Waals surface area contributed by atoms with Crippen molar-refractivity contribution in [3.63, 3.8) is 0 Å². The average Bonchev–Trinajstić information content (AvgIpc) is 3.26. The summed E-state index contributed by atoms with van der Waals surface area (Å²) in [5.74, 6) is 2.19. The van der Waals surface area contributed by atoms with Crippen LogP contribution in [0.5, 0.6) is 23.0 Å². The molecule has 0 fully saturated rings. The molecule has 2 N–H and O–H groups in total. The first kappa shape index (κ1) is 21.5. The van der Waals surface area contributed by atoms with E-state index in [1.54, 1.807) is 28.4 Å². The number of nitrogen functional groups attached to an aromatic ring is 1. The number of nitrogens with two attached hydrogens (primary N) is 1. The summed E-state index contributed by atoms with van der Waals surface area (Å²) in [7, 11) is 7.78. The Morgan fingerprint density at radius 2 is 1.57 bits per heavy atom. The third-order valence-corrected chi connectivity index (χ3v) is 6.13. The summed E-state index contributed by atoms with van der Waals surface area (Å²) >= 11 is -0.0538. The average molecular weight is 476 g/mol. The van der Waals surface area contributed by atoms with Crippen molar-refractivity contribution in [1.82, 2.24) is 4.98 Å². The second-order valence-corrected chi connectivity index (χ2v) is 7.83. The van der Waals surface area contributed by atoms with Gasteiger partial charge in [-0.3, -0.25) is 0 Å². The van der Waals surface area contributed by atoms with Gasteiger partial charge >= 0.3 is 181 Å². The van der Waals surface area contributed by atoms with Gasteiger partial charge in [-0.25, -0.2) is 0 Å². The van der Waals surface area contributed by atoms with E-state index in [1.807, 2.05) is 30.3 Å². The quantitative estimate of drug-likeness (QED) is 0.231. The van der Waals surface area contributed by atoms with Crippen molar-refractivity contribution in [2.45, 2.75) is 0 Å². The molecule has 0 amide bonds. The van der Waals surface area contributed by atoms with E-state index in [0.717, 1.165) is 21.4 Å². The molecule has 1 heterocycles. The molecule has 0 saturated heterocycles. The van der Waals surface area contributed by atoms with Crippen LogP contribution in [0.1, 0.15) is 10.1 Å². The zero-order chi connectivity index (χ0) is 21.7. The zero-order valence-electron chi connectivity index (χ0n) is 17.4. The van der Waals surface area contributed by atoms with Gasteiger partial charge in [0.05, 0.1) is 0 Å². The Morgan fingerprint density at radius 3 is 2.10 bits per heavy atom. The maximum absolute atomic E-state index is 6.04. The zero-order valence-corrected chi connectivity index (χ0v) is 19.1. The number of hydrogen-bond acceptors (Lipinski definition) is 8. The second-order valence-electron chi connectivity index (χ2n) is 6.03. The summed E-state index contributed by atoms with van der Waals surface area (Å²) in [5, 5.41) is 4.23. The first-order valence-corrected chi connectivity index (χ1v) is 10.7. The van der Waals surface area contributed by atoms with E-state index in [0.29, 0.717) is 34.4 Å². The molecule has 0 spiro atoms. The van der Waals surface area contributed by atoms with E-state index in [9.17, 15) is 0 Å². The topological polar surface area (TPSA) is 97.4 Å². The molecule has 0 saturated carbocycles. The third kappa shape index (κ3) is 4.22. The van der Waals surface area contributed by atoms with Crippen molar-refractivity contribution < 1.29 is 23.8 Å². The number of ether oxygens (including phenoxy) is 4. The molecule has 3 rings (SSSR count). The molecule has 158 valence electrons. The van der Waals surface area contributed by atoms with Gasteiger partial charge in [-0.1, -0.05) is 0 Å². The van der Waals surface area contributed by atoms with Crippen molar-refractivity contribution in [2.75, 3.05) is 41.3 Å². The molecule has 0 atom stereocenters. The van der Waals surface area contributed by atoms with Crippen LogP contribution in [0.2, 0.25) is 0 Å². The van der Waals surface area contributed by atoms with Crippen LogP contribution in [0.4, 0.5) is 5.69 Å². The molecule has 1 aromatic heterocycles. The van der Waals surface area contributed by atoms with Crippen molar-refractivity contribution >= 4 is 25.9 Å². The number of anilines is 1. The van der Waals surface area contributed by atoms with E-state index < -0.39 is 0 Å². The fourth-order valence-electron chi connectivity index (χ4n) is 2.93. The van der Waals surface area contributed by atoms with Crippen LogP contribution in [0.25, 0.3) is 11.3 Å². The molecule has 0 aliphatic carbocycles. The number of hydrogen-bond donors (Lipinski definition) is 1. The predicted molar refractivity (Wildman–Crippen MR) is 116 cm³/mol. The predicted octanol–water partition coefficient (Wildman–Crippen LogP) is 2.82. The number of oxime groups is 1. The number of methoxy groups -OCH3 is 4. The van der Waals surface area contributed by atoms with Crippen LogP contribution in [-0.2, 0) is 4.84 Å². The molecule has 9 heteroatoms. The van der Waals surface area contributed by atoms with Gasteiger partial charge in [0, 0.05) is 0 Å². The SMILES string of the molecule is CO/N=C(/c1cc(OC)c(OC)c(OC)c1)c1nc(-c2ccc(OC)c(N)c2)c[se]1. The Balaban J connectivity index is 2.05. The minimum absolute atomic E-state index is 0.0538. The standard InChI is InChI=1S/C21H23N3O5Se/c1-25-16-7-6-12(8-14(16)22)15-11-30-21(23-15)19(24-29-5)13-9-17(26-2)20(28-4)18(10-13)27-3/h6-11H,22H2,1-5H3/b24-19-. The molecule has 0 aliphatic heterocycles. The van der Waals surface area contributed by atoms with Gasteiger partial charge < -0.3 is 0 Å². The normalized spacial score (nSPS) is 11.2. The van der Waals surface area contributed by atoms with Crippen LogP contribution >= 0.6 is 0 Å². The molecule has 0 aliphatic rings. The van der Waals surface area contributed by atoms with Crippen LogP contribution in [0.3, 0.4) is 0 Å².